The molecule has 1 aliphatic heterocycles. The number of imide groups is 1. The molecular weight excluding hydrogens is 453 g/mol. The van der Waals surface area contributed by atoms with Gasteiger partial charge in [0.1, 0.15) is 12.1 Å². The lowest BCUT2D eigenvalue weighted by Gasteiger charge is -2.17. The minimum absolute atomic E-state index is 0.187. The van der Waals surface area contributed by atoms with E-state index < -0.39 is 52.5 Å². The van der Waals surface area contributed by atoms with Crippen LogP contribution in [0.3, 0.4) is 0 Å². The van der Waals surface area contributed by atoms with Crippen LogP contribution in [-0.4, -0.2) is 46.2 Å². The summed E-state index contributed by atoms with van der Waals surface area (Å²) in [4.78, 5) is 60.2. The predicted molar refractivity (Wildman–Crippen MR) is 109 cm³/mol. The summed E-state index contributed by atoms with van der Waals surface area (Å²) in [7, 11) is 0. The van der Waals surface area contributed by atoms with Crippen molar-refractivity contribution < 1.29 is 28.8 Å². The van der Waals surface area contributed by atoms with Crippen LogP contribution in [0, 0.1) is 10.1 Å². The van der Waals surface area contributed by atoms with Gasteiger partial charge in [-0.1, -0.05) is 29.3 Å². The molecule has 10 nitrogen and oxygen atoms in total. The van der Waals surface area contributed by atoms with Gasteiger partial charge in [-0.05, 0) is 31.2 Å². The number of nitro groups is 1. The maximum absolute atomic E-state index is 12.5. The number of nitrogens with zero attached hydrogens (tertiary/aromatic N) is 2. The van der Waals surface area contributed by atoms with Gasteiger partial charge in [0, 0.05) is 11.1 Å². The molecule has 0 fully saturated rings. The summed E-state index contributed by atoms with van der Waals surface area (Å²) in [5, 5.41) is 14.1. The SMILES string of the molecule is C[C@H](OC(=O)CN1C(=O)c2cccc([N+](=O)[O-])c2C1=O)C(=O)Nc1cc(Cl)ccc1Cl. The first kappa shape index (κ1) is 22.2. The highest BCUT2D eigenvalue weighted by molar-refractivity contribution is 6.35. The van der Waals surface area contributed by atoms with Gasteiger partial charge >= 0.3 is 5.97 Å². The van der Waals surface area contributed by atoms with E-state index in [9.17, 15) is 29.3 Å². The molecule has 0 bridgehead atoms. The summed E-state index contributed by atoms with van der Waals surface area (Å²) >= 11 is 11.8. The molecule has 12 heteroatoms. The average Bonchev–Trinajstić information content (AvgIpc) is 2.95. The van der Waals surface area contributed by atoms with E-state index in [-0.39, 0.29) is 16.3 Å². The van der Waals surface area contributed by atoms with Gasteiger partial charge in [0.2, 0.25) is 0 Å². The lowest BCUT2D eigenvalue weighted by Crippen LogP contribution is -2.38. The minimum Gasteiger partial charge on any atom is -0.451 e. The number of carbonyl (C=O) groups excluding carboxylic acids is 4. The lowest BCUT2D eigenvalue weighted by atomic mass is 10.1. The quantitative estimate of drug-likeness (QED) is 0.299. The van der Waals surface area contributed by atoms with Gasteiger partial charge in [0.05, 0.1) is 21.2 Å². The summed E-state index contributed by atoms with van der Waals surface area (Å²) in [5.74, 6) is -3.65. The van der Waals surface area contributed by atoms with Gasteiger partial charge in [0.25, 0.3) is 23.4 Å². The highest BCUT2D eigenvalue weighted by Crippen LogP contribution is 2.30. The summed E-state index contributed by atoms with van der Waals surface area (Å²) in [6, 6.07) is 7.99. The van der Waals surface area contributed by atoms with E-state index in [1.165, 1.54) is 37.3 Å². The van der Waals surface area contributed by atoms with Crippen LogP contribution in [0.2, 0.25) is 10.0 Å². The smallest absolute Gasteiger partial charge is 0.326 e. The Morgan fingerprint density at radius 2 is 1.90 bits per heavy atom. The molecule has 2 aromatic rings. The van der Waals surface area contributed by atoms with Crippen molar-refractivity contribution in [3.8, 4) is 0 Å². The van der Waals surface area contributed by atoms with Crippen molar-refractivity contribution in [1.82, 2.24) is 4.90 Å². The number of nitrogens with one attached hydrogen (secondary N) is 1. The summed E-state index contributed by atoms with van der Waals surface area (Å²) < 4.78 is 4.98. The number of hydrogen-bond donors (Lipinski definition) is 1. The second-order valence-electron chi connectivity index (χ2n) is 6.40. The van der Waals surface area contributed by atoms with Crippen LogP contribution in [0.5, 0.6) is 0 Å². The monoisotopic (exact) mass is 465 g/mol. The standard InChI is InChI=1S/C19H13Cl2N3O7/c1-9(17(26)22-13-7-10(20)5-6-12(13)21)31-15(25)8-23-18(27)11-3-2-4-14(24(29)30)16(11)19(23)28/h2-7,9H,8H2,1H3,(H,22,26)/t9-/m0/s1. The molecular formula is C19H13Cl2N3O7. The molecule has 1 N–H and O–H groups in total. The second kappa shape index (κ2) is 8.70. The highest BCUT2D eigenvalue weighted by atomic mass is 35.5. The van der Waals surface area contributed by atoms with Crippen LogP contribution in [0.4, 0.5) is 11.4 Å². The minimum atomic E-state index is -1.30. The van der Waals surface area contributed by atoms with Gasteiger partial charge in [-0.15, -0.1) is 0 Å². The average molecular weight is 466 g/mol. The van der Waals surface area contributed by atoms with Gasteiger partial charge in [-0.25, -0.2) is 0 Å². The molecule has 0 unspecified atom stereocenters. The lowest BCUT2D eigenvalue weighted by molar-refractivity contribution is -0.385. The van der Waals surface area contributed by atoms with E-state index in [1.54, 1.807) is 0 Å². The highest BCUT2D eigenvalue weighted by Gasteiger charge is 2.42. The zero-order valence-electron chi connectivity index (χ0n) is 15.8. The van der Waals surface area contributed by atoms with Crippen LogP contribution < -0.4 is 5.32 Å². The van der Waals surface area contributed by atoms with Crippen molar-refractivity contribution in [2.45, 2.75) is 13.0 Å². The second-order valence-corrected chi connectivity index (χ2v) is 7.24. The number of anilines is 1. The van der Waals surface area contributed by atoms with Crippen LogP contribution in [0.25, 0.3) is 0 Å². The van der Waals surface area contributed by atoms with E-state index in [4.69, 9.17) is 27.9 Å². The Balaban J connectivity index is 1.67. The number of fused-ring (bicyclic) bond motifs is 1. The van der Waals surface area contributed by atoms with E-state index in [2.05, 4.69) is 5.32 Å². The third kappa shape index (κ3) is 4.49. The summed E-state index contributed by atoms with van der Waals surface area (Å²) in [6.07, 6.45) is -1.30. The molecule has 1 heterocycles. The molecule has 160 valence electrons. The molecule has 0 saturated heterocycles. The Bertz CT molecular complexity index is 1140. The Kier molecular flexibility index (Phi) is 6.23. The fraction of sp³-hybridized carbons (Fsp3) is 0.158. The maximum Gasteiger partial charge on any atom is 0.326 e. The molecule has 0 spiro atoms. The molecule has 0 aromatic heterocycles. The van der Waals surface area contributed by atoms with Crippen molar-refractivity contribution in [2.24, 2.45) is 0 Å². The zero-order chi connectivity index (χ0) is 22.9. The van der Waals surface area contributed by atoms with Gasteiger partial charge < -0.3 is 10.1 Å². The molecule has 3 amide bonds. The number of amides is 3. The molecule has 1 atom stereocenters. The Hall–Kier alpha value is -3.50. The number of carbonyl (C=O) groups is 4. The van der Waals surface area contributed by atoms with Gasteiger partial charge in [0.15, 0.2) is 6.10 Å². The Morgan fingerprint density at radius 3 is 2.58 bits per heavy atom. The summed E-state index contributed by atoms with van der Waals surface area (Å²) in [6.45, 7) is 0.456. The van der Waals surface area contributed by atoms with Crippen molar-refractivity contribution >= 4 is 58.3 Å². The van der Waals surface area contributed by atoms with E-state index in [0.29, 0.717) is 9.92 Å². The number of ether oxygens (including phenoxy) is 1. The molecule has 3 rings (SSSR count). The normalized spacial score (nSPS) is 13.6. The van der Waals surface area contributed by atoms with Crippen molar-refractivity contribution in [2.75, 3.05) is 11.9 Å². The van der Waals surface area contributed by atoms with Crippen molar-refractivity contribution in [1.29, 1.82) is 0 Å². The maximum atomic E-state index is 12.5. The Labute approximate surface area is 184 Å². The van der Waals surface area contributed by atoms with Crippen LogP contribution >= 0.6 is 23.2 Å². The Morgan fingerprint density at radius 1 is 1.19 bits per heavy atom. The molecule has 31 heavy (non-hydrogen) atoms. The number of rotatable bonds is 6. The zero-order valence-corrected chi connectivity index (χ0v) is 17.3. The molecule has 1 aliphatic rings. The van der Waals surface area contributed by atoms with Crippen LogP contribution in [0.1, 0.15) is 27.6 Å². The first-order chi connectivity index (χ1) is 14.6. The third-order valence-electron chi connectivity index (χ3n) is 4.32. The third-order valence-corrected chi connectivity index (χ3v) is 4.89. The fourth-order valence-electron chi connectivity index (χ4n) is 2.86. The van der Waals surface area contributed by atoms with E-state index in [0.717, 1.165) is 6.07 Å². The largest absolute Gasteiger partial charge is 0.451 e. The van der Waals surface area contributed by atoms with Crippen LogP contribution in [0.15, 0.2) is 36.4 Å². The van der Waals surface area contributed by atoms with Crippen LogP contribution in [-0.2, 0) is 14.3 Å². The predicted octanol–water partition coefficient (Wildman–Crippen LogP) is 3.07. The van der Waals surface area contributed by atoms with Crippen molar-refractivity contribution in [3.63, 3.8) is 0 Å². The fourth-order valence-corrected chi connectivity index (χ4v) is 3.19. The number of nitro benzene ring substituents is 1. The van der Waals surface area contributed by atoms with Crippen molar-refractivity contribution in [3.05, 3.63) is 67.7 Å². The number of benzene rings is 2. The number of hydrogen-bond acceptors (Lipinski definition) is 7. The first-order valence-electron chi connectivity index (χ1n) is 8.69. The molecule has 0 saturated carbocycles. The number of halogens is 2. The van der Waals surface area contributed by atoms with Gasteiger partial charge in [-0.2, -0.15) is 0 Å². The molecule has 0 aliphatic carbocycles. The number of esters is 1. The molecule has 0 radical (unpaired) electrons. The first-order valence-corrected chi connectivity index (χ1v) is 9.44. The molecule has 2 aromatic carbocycles. The summed E-state index contributed by atoms with van der Waals surface area (Å²) in [5.41, 5.74) is -0.923. The van der Waals surface area contributed by atoms with Gasteiger partial charge in [-0.3, -0.25) is 34.2 Å². The topological polar surface area (TPSA) is 136 Å². The van der Waals surface area contributed by atoms with E-state index >= 15 is 0 Å². The van der Waals surface area contributed by atoms with E-state index in [1.807, 2.05) is 0 Å².